The molecule has 0 aromatic carbocycles. The van der Waals surface area contributed by atoms with Crippen molar-refractivity contribution in [2.75, 3.05) is 57.3 Å². The van der Waals surface area contributed by atoms with Gasteiger partial charge >= 0.3 is 0 Å². The maximum absolute atomic E-state index is 12.8. The Kier molecular flexibility index (Phi) is 5.59. The number of carbonyl (C=O) groups is 1. The summed E-state index contributed by atoms with van der Waals surface area (Å²) in [5.41, 5.74) is 2.04. The topological polar surface area (TPSA) is 59.9 Å². The van der Waals surface area contributed by atoms with Gasteiger partial charge < -0.3 is 10.0 Å². The van der Waals surface area contributed by atoms with E-state index in [4.69, 9.17) is 5.11 Å². The third-order valence-corrected chi connectivity index (χ3v) is 4.74. The standard InChI is InChI=1S/C17H26N4O2/c22-13-12-19-8-10-20(11-9-19)14-17(23)21-7-2-1-4-15-16(21)5-3-6-18-15/h3,5-6,22H,1-2,4,7-14H2. The second-order valence-corrected chi connectivity index (χ2v) is 6.31. The maximum atomic E-state index is 12.8. The van der Waals surface area contributed by atoms with E-state index in [1.54, 1.807) is 0 Å². The Morgan fingerprint density at radius 3 is 2.70 bits per heavy atom. The highest BCUT2D eigenvalue weighted by Crippen LogP contribution is 2.24. The van der Waals surface area contributed by atoms with Gasteiger partial charge in [0.2, 0.25) is 5.91 Å². The Labute approximate surface area is 137 Å². The molecule has 0 unspecified atom stereocenters. The molecule has 0 spiro atoms. The molecule has 1 aromatic heterocycles. The molecule has 0 bridgehead atoms. The van der Waals surface area contributed by atoms with E-state index < -0.39 is 0 Å². The van der Waals surface area contributed by atoms with Crippen molar-refractivity contribution in [1.29, 1.82) is 0 Å². The van der Waals surface area contributed by atoms with E-state index in [9.17, 15) is 4.79 Å². The second kappa shape index (κ2) is 7.86. The van der Waals surface area contributed by atoms with Crippen LogP contribution in [0, 0.1) is 0 Å². The largest absolute Gasteiger partial charge is 0.395 e. The predicted molar refractivity (Wildman–Crippen MR) is 89.5 cm³/mol. The summed E-state index contributed by atoms with van der Waals surface area (Å²) in [5, 5.41) is 9.00. The normalized spacial score (nSPS) is 20.1. The van der Waals surface area contributed by atoms with Crippen molar-refractivity contribution in [2.24, 2.45) is 0 Å². The number of aromatic nitrogens is 1. The predicted octanol–water partition coefficient (Wildman–Crippen LogP) is 0.361. The first-order valence-corrected chi connectivity index (χ1v) is 8.58. The van der Waals surface area contributed by atoms with E-state index in [1.165, 1.54) is 0 Å². The van der Waals surface area contributed by atoms with Crippen LogP contribution in [-0.2, 0) is 11.2 Å². The molecule has 6 heteroatoms. The highest BCUT2D eigenvalue weighted by molar-refractivity contribution is 5.95. The minimum Gasteiger partial charge on any atom is -0.395 e. The number of aliphatic hydroxyl groups is 1. The zero-order valence-electron chi connectivity index (χ0n) is 13.7. The summed E-state index contributed by atoms with van der Waals surface area (Å²) in [6.45, 7) is 5.82. The Balaban J connectivity index is 1.60. The molecule has 2 aliphatic rings. The molecule has 1 aromatic rings. The van der Waals surface area contributed by atoms with Crippen molar-refractivity contribution < 1.29 is 9.90 Å². The third kappa shape index (κ3) is 4.07. The van der Waals surface area contributed by atoms with Gasteiger partial charge in [-0.3, -0.25) is 19.6 Å². The summed E-state index contributed by atoms with van der Waals surface area (Å²) < 4.78 is 0. The van der Waals surface area contributed by atoms with Crippen molar-refractivity contribution >= 4 is 11.6 Å². The monoisotopic (exact) mass is 318 g/mol. The van der Waals surface area contributed by atoms with Crippen LogP contribution in [-0.4, -0.2) is 78.2 Å². The zero-order chi connectivity index (χ0) is 16.1. The molecule has 1 amide bonds. The van der Waals surface area contributed by atoms with Gasteiger partial charge in [-0.2, -0.15) is 0 Å². The Hall–Kier alpha value is -1.50. The van der Waals surface area contributed by atoms with E-state index in [0.717, 1.165) is 69.9 Å². The van der Waals surface area contributed by atoms with E-state index in [1.807, 2.05) is 23.2 Å². The number of fused-ring (bicyclic) bond motifs is 1. The first-order chi connectivity index (χ1) is 11.3. The van der Waals surface area contributed by atoms with Gasteiger partial charge in [-0.1, -0.05) is 0 Å². The van der Waals surface area contributed by atoms with Gasteiger partial charge in [0.1, 0.15) is 0 Å². The molecular formula is C17H26N4O2. The van der Waals surface area contributed by atoms with E-state index in [2.05, 4.69) is 14.8 Å². The number of β-amino-alcohol motifs (C(OH)–C–C–N with tert-alkyl or cyclic N) is 1. The molecule has 3 heterocycles. The van der Waals surface area contributed by atoms with Crippen molar-refractivity contribution in [1.82, 2.24) is 14.8 Å². The molecule has 1 saturated heterocycles. The van der Waals surface area contributed by atoms with E-state index >= 15 is 0 Å². The second-order valence-electron chi connectivity index (χ2n) is 6.31. The highest BCUT2D eigenvalue weighted by atomic mass is 16.3. The number of anilines is 1. The van der Waals surface area contributed by atoms with Gasteiger partial charge in [0.15, 0.2) is 0 Å². The molecule has 1 fully saturated rings. The Morgan fingerprint density at radius 1 is 1.13 bits per heavy atom. The fourth-order valence-electron chi connectivity index (χ4n) is 3.40. The van der Waals surface area contributed by atoms with Crippen molar-refractivity contribution in [3.8, 4) is 0 Å². The molecule has 1 N–H and O–H groups in total. The fraction of sp³-hybridized carbons (Fsp3) is 0.647. The molecule has 23 heavy (non-hydrogen) atoms. The van der Waals surface area contributed by atoms with Crippen LogP contribution < -0.4 is 4.90 Å². The maximum Gasteiger partial charge on any atom is 0.241 e. The lowest BCUT2D eigenvalue weighted by Crippen LogP contribution is -2.50. The molecule has 2 aliphatic heterocycles. The summed E-state index contributed by atoms with van der Waals surface area (Å²) in [4.78, 5) is 23.6. The van der Waals surface area contributed by atoms with E-state index in [-0.39, 0.29) is 12.5 Å². The van der Waals surface area contributed by atoms with Gasteiger partial charge in [0, 0.05) is 45.5 Å². The number of hydrogen-bond donors (Lipinski definition) is 1. The lowest BCUT2D eigenvalue weighted by atomic mass is 10.2. The zero-order valence-corrected chi connectivity index (χ0v) is 13.7. The number of pyridine rings is 1. The highest BCUT2D eigenvalue weighted by Gasteiger charge is 2.25. The summed E-state index contributed by atoms with van der Waals surface area (Å²) in [5.74, 6) is 0.178. The van der Waals surface area contributed by atoms with Crippen molar-refractivity contribution in [3.63, 3.8) is 0 Å². The molecule has 0 aliphatic carbocycles. The van der Waals surface area contributed by atoms with Gasteiger partial charge in [-0.15, -0.1) is 0 Å². The lowest BCUT2D eigenvalue weighted by molar-refractivity contribution is -0.120. The molecule has 0 atom stereocenters. The fourth-order valence-corrected chi connectivity index (χ4v) is 3.40. The molecule has 3 rings (SSSR count). The number of amides is 1. The summed E-state index contributed by atoms with van der Waals surface area (Å²) in [6, 6.07) is 3.93. The van der Waals surface area contributed by atoms with Gasteiger partial charge in [0.05, 0.1) is 24.5 Å². The quantitative estimate of drug-likeness (QED) is 0.869. The van der Waals surface area contributed by atoms with Crippen LogP contribution in [0.25, 0.3) is 0 Å². The van der Waals surface area contributed by atoms with Crippen LogP contribution >= 0.6 is 0 Å². The number of carbonyl (C=O) groups excluding carboxylic acids is 1. The molecular weight excluding hydrogens is 292 g/mol. The number of rotatable bonds is 4. The first kappa shape index (κ1) is 16.4. The Morgan fingerprint density at radius 2 is 1.91 bits per heavy atom. The average molecular weight is 318 g/mol. The minimum atomic E-state index is 0.178. The van der Waals surface area contributed by atoms with Crippen LogP contribution in [0.4, 0.5) is 5.69 Å². The van der Waals surface area contributed by atoms with Crippen LogP contribution in [0.5, 0.6) is 0 Å². The number of aryl methyl sites for hydroxylation is 1. The van der Waals surface area contributed by atoms with Crippen LogP contribution in [0.3, 0.4) is 0 Å². The van der Waals surface area contributed by atoms with Gasteiger partial charge in [0.25, 0.3) is 0 Å². The van der Waals surface area contributed by atoms with Gasteiger partial charge in [-0.25, -0.2) is 0 Å². The number of piperazine rings is 1. The molecule has 0 radical (unpaired) electrons. The van der Waals surface area contributed by atoms with Crippen molar-refractivity contribution in [2.45, 2.75) is 19.3 Å². The summed E-state index contributed by atoms with van der Waals surface area (Å²) in [6.07, 6.45) is 4.90. The minimum absolute atomic E-state index is 0.178. The smallest absolute Gasteiger partial charge is 0.241 e. The summed E-state index contributed by atoms with van der Waals surface area (Å²) in [7, 11) is 0. The Bertz CT molecular complexity index is 529. The van der Waals surface area contributed by atoms with E-state index in [0.29, 0.717) is 6.54 Å². The lowest BCUT2D eigenvalue weighted by Gasteiger charge is -2.35. The molecule has 6 nitrogen and oxygen atoms in total. The SMILES string of the molecule is O=C(CN1CCN(CCO)CC1)N1CCCCc2ncccc21. The molecule has 126 valence electrons. The van der Waals surface area contributed by atoms with Crippen molar-refractivity contribution in [3.05, 3.63) is 24.0 Å². The summed E-state index contributed by atoms with van der Waals surface area (Å²) >= 11 is 0. The first-order valence-electron chi connectivity index (χ1n) is 8.58. The van der Waals surface area contributed by atoms with Crippen LogP contribution in [0.1, 0.15) is 18.5 Å². The number of nitrogens with zero attached hydrogens (tertiary/aromatic N) is 4. The van der Waals surface area contributed by atoms with Crippen LogP contribution in [0.2, 0.25) is 0 Å². The van der Waals surface area contributed by atoms with Gasteiger partial charge in [-0.05, 0) is 31.4 Å². The average Bonchev–Trinajstić information content (AvgIpc) is 2.79. The third-order valence-electron chi connectivity index (χ3n) is 4.74. The molecule has 0 saturated carbocycles. The number of hydrogen-bond acceptors (Lipinski definition) is 5. The number of aliphatic hydroxyl groups excluding tert-OH is 1. The van der Waals surface area contributed by atoms with Crippen LogP contribution in [0.15, 0.2) is 18.3 Å².